The molecule has 1 atom stereocenters. The lowest BCUT2D eigenvalue weighted by Crippen LogP contribution is -2.45. The van der Waals surface area contributed by atoms with E-state index in [0.29, 0.717) is 17.0 Å². The van der Waals surface area contributed by atoms with Gasteiger partial charge in [0.15, 0.2) is 5.82 Å². The third-order valence-corrected chi connectivity index (χ3v) is 4.78. The highest BCUT2D eigenvalue weighted by Crippen LogP contribution is 2.28. The van der Waals surface area contributed by atoms with E-state index in [1.165, 1.54) is 0 Å². The van der Waals surface area contributed by atoms with Crippen molar-refractivity contribution in [3.63, 3.8) is 0 Å². The third-order valence-electron chi connectivity index (χ3n) is 4.78. The molecule has 0 radical (unpaired) electrons. The van der Waals surface area contributed by atoms with Gasteiger partial charge in [0.2, 0.25) is 0 Å². The molecule has 0 unspecified atom stereocenters. The molecular weight excluding hydrogens is 354 g/mol. The number of carbonyl (C=O) groups is 1. The average molecular weight is 377 g/mol. The van der Waals surface area contributed by atoms with Gasteiger partial charge in [0.05, 0.1) is 5.69 Å². The normalized spacial score (nSPS) is 16.5. The van der Waals surface area contributed by atoms with Crippen LogP contribution in [0.5, 0.6) is 11.5 Å². The van der Waals surface area contributed by atoms with E-state index in [4.69, 9.17) is 10.5 Å². The number of piperidine rings is 1. The van der Waals surface area contributed by atoms with Crippen LogP contribution in [0.15, 0.2) is 54.6 Å². The summed E-state index contributed by atoms with van der Waals surface area (Å²) in [6, 6.07) is 17.1. The number of nitrogens with zero attached hydrogens (tertiary/aromatic N) is 1. The number of carbonyl (C=O) groups excluding carboxylic acids is 1. The lowest BCUT2D eigenvalue weighted by Gasteiger charge is -2.23. The summed E-state index contributed by atoms with van der Waals surface area (Å²) in [7, 11) is 0. The summed E-state index contributed by atoms with van der Waals surface area (Å²) in [6.07, 6.45) is 2.00. The monoisotopic (exact) mass is 377 g/mol. The van der Waals surface area contributed by atoms with Crippen LogP contribution in [0.4, 0.5) is 5.82 Å². The first-order valence-electron chi connectivity index (χ1n) is 9.39. The van der Waals surface area contributed by atoms with Crippen molar-refractivity contribution in [3.8, 4) is 22.8 Å². The fourth-order valence-corrected chi connectivity index (χ4v) is 3.34. The lowest BCUT2D eigenvalue weighted by molar-refractivity contribution is 0.0932. The van der Waals surface area contributed by atoms with Crippen LogP contribution in [-0.2, 0) is 0 Å². The van der Waals surface area contributed by atoms with E-state index in [-0.39, 0.29) is 17.8 Å². The van der Waals surface area contributed by atoms with Crippen molar-refractivity contribution in [2.24, 2.45) is 0 Å². The molecule has 4 rings (SSSR count). The number of ether oxygens (including phenoxy) is 1. The van der Waals surface area contributed by atoms with Gasteiger partial charge < -0.3 is 21.1 Å². The van der Waals surface area contributed by atoms with Gasteiger partial charge in [0.25, 0.3) is 5.91 Å². The van der Waals surface area contributed by atoms with Crippen LogP contribution in [0.2, 0.25) is 0 Å². The zero-order chi connectivity index (χ0) is 19.3. The van der Waals surface area contributed by atoms with Crippen LogP contribution in [0.3, 0.4) is 0 Å². The molecule has 2 heterocycles. The number of nitrogens with one attached hydrogen (secondary N) is 3. The van der Waals surface area contributed by atoms with Gasteiger partial charge in [-0.15, -0.1) is 0 Å². The summed E-state index contributed by atoms with van der Waals surface area (Å²) in [6.45, 7) is 1.76. The largest absolute Gasteiger partial charge is 0.457 e. The van der Waals surface area contributed by atoms with Gasteiger partial charge in [-0.05, 0) is 55.8 Å². The maximum atomic E-state index is 12.8. The molecule has 28 heavy (non-hydrogen) atoms. The molecule has 0 spiro atoms. The van der Waals surface area contributed by atoms with Gasteiger partial charge in [-0.2, -0.15) is 5.10 Å². The second-order valence-electron chi connectivity index (χ2n) is 6.82. The fourth-order valence-electron chi connectivity index (χ4n) is 3.34. The Bertz CT molecular complexity index is 931. The Hall–Kier alpha value is -3.32. The number of nitrogens with two attached hydrogens (primary N) is 1. The van der Waals surface area contributed by atoms with E-state index < -0.39 is 0 Å². The SMILES string of the molecule is Nc1n[nH]c(-c2ccc(Oc3ccccc3)cc2)c1C(=O)N[C@@H]1CCCNC1. The molecule has 5 N–H and O–H groups in total. The highest BCUT2D eigenvalue weighted by molar-refractivity contribution is 6.04. The summed E-state index contributed by atoms with van der Waals surface area (Å²) < 4.78 is 5.82. The van der Waals surface area contributed by atoms with E-state index in [1.54, 1.807) is 0 Å². The first-order valence-corrected chi connectivity index (χ1v) is 9.39. The molecule has 1 saturated heterocycles. The van der Waals surface area contributed by atoms with Crippen molar-refractivity contribution in [2.75, 3.05) is 18.8 Å². The smallest absolute Gasteiger partial charge is 0.257 e. The van der Waals surface area contributed by atoms with E-state index in [1.807, 2.05) is 54.6 Å². The number of aromatic nitrogens is 2. The Kier molecular flexibility index (Phi) is 5.25. The Morgan fingerprint density at radius 3 is 2.57 bits per heavy atom. The molecule has 3 aromatic rings. The highest BCUT2D eigenvalue weighted by atomic mass is 16.5. The zero-order valence-corrected chi connectivity index (χ0v) is 15.4. The van der Waals surface area contributed by atoms with Crippen LogP contribution in [0.1, 0.15) is 23.2 Å². The standard InChI is InChI=1S/C21H23N5O2/c22-20-18(21(27)24-15-5-4-12-23-13-15)19(25-26-20)14-8-10-17(11-9-14)28-16-6-2-1-3-7-16/h1-3,6-11,15,23H,4-5,12-13H2,(H,24,27)(H3,22,25,26)/t15-/m1/s1. The minimum Gasteiger partial charge on any atom is -0.457 e. The predicted molar refractivity (Wildman–Crippen MR) is 108 cm³/mol. The number of nitrogen functional groups attached to an aromatic ring is 1. The number of H-pyrrole nitrogens is 1. The maximum absolute atomic E-state index is 12.8. The van der Waals surface area contributed by atoms with Crippen molar-refractivity contribution >= 4 is 11.7 Å². The number of aromatic amines is 1. The summed E-state index contributed by atoms with van der Waals surface area (Å²) >= 11 is 0. The van der Waals surface area contributed by atoms with Crippen molar-refractivity contribution in [3.05, 3.63) is 60.2 Å². The number of rotatable bonds is 5. The molecule has 144 valence electrons. The van der Waals surface area contributed by atoms with E-state index in [0.717, 1.165) is 37.2 Å². The van der Waals surface area contributed by atoms with Crippen LogP contribution >= 0.6 is 0 Å². The van der Waals surface area contributed by atoms with Gasteiger partial charge in [-0.1, -0.05) is 18.2 Å². The molecule has 1 aliphatic heterocycles. The van der Waals surface area contributed by atoms with Gasteiger partial charge in [0, 0.05) is 18.2 Å². The molecule has 0 bridgehead atoms. The van der Waals surface area contributed by atoms with Crippen molar-refractivity contribution < 1.29 is 9.53 Å². The molecule has 1 aromatic heterocycles. The molecule has 2 aromatic carbocycles. The Balaban J connectivity index is 1.52. The molecule has 1 amide bonds. The van der Waals surface area contributed by atoms with Crippen molar-refractivity contribution in [1.29, 1.82) is 0 Å². The lowest BCUT2D eigenvalue weighted by atomic mass is 10.0. The molecule has 1 fully saturated rings. The minimum absolute atomic E-state index is 0.102. The summed E-state index contributed by atoms with van der Waals surface area (Å²) in [5, 5.41) is 13.3. The third kappa shape index (κ3) is 3.99. The van der Waals surface area contributed by atoms with Gasteiger partial charge in [0.1, 0.15) is 17.1 Å². The van der Waals surface area contributed by atoms with E-state index in [9.17, 15) is 4.79 Å². The quantitative estimate of drug-likeness (QED) is 0.547. The predicted octanol–water partition coefficient (Wildman–Crippen LogP) is 2.93. The molecule has 7 heteroatoms. The average Bonchev–Trinajstić information content (AvgIpc) is 3.12. The summed E-state index contributed by atoms with van der Waals surface area (Å²) in [5.74, 6) is 1.46. The van der Waals surface area contributed by atoms with Crippen LogP contribution in [0.25, 0.3) is 11.3 Å². The van der Waals surface area contributed by atoms with Crippen molar-refractivity contribution in [2.45, 2.75) is 18.9 Å². The number of anilines is 1. The Labute approximate surface area is 163 Å². The fraction of sp³-hybridized carbons (Fsp3) is 0.238. The van der Waals surface area contributed by atoms with Crippen molar-refractivity contribution in [1.82, 2.24) is 20.8 Å². The zero-order valence-electron chi connectivity index (χ0n) is 15.4. The van der Waals surface area contributed by atoms with E-state index in [2.05, 4.69) is 20.8 Å². The number of hydrogen-bond acceptors (Lipinski definition) is 5. The van der Waals surface area contributed by atoms with Gasteiger partial charge >= 0.3 is 0 Å². The topological polar surface area (TPSA) is 105 Å². The molecule has 1 aliphatic rings. The molecule has 7 nitrogen and oxygen atoms in total. The first kappa shape index (κ1) is 18.1. The highest BCUT2D eigenvalue weighted by Gasteiger charge is 2.23. The number of para-hydroxylation sites is 1. The van der Waals surface area contributed by atoms with Crippen LogP contribution in [0, 0.1) is 0 Å². The number of hydrogen-bond donors (Lipinski definition) is 4. The Morgan fingerprint density at radius 1 is 1.11 bits per heavy atom. The summed E-state index contributed by atoms with van der Waals surface area (Å²) in [5.41, 5.74) is 7.77. The first-order chi connectivity index (χ1) is 13.7. The summed E-state index contributed by atoms with van der Waals surface area (Å²) in [4.78, 5) is 12.8. The molecular formula is C21H23N5O2. The Morgan fingerprint density at radius 2 is 1.86 bits per heavy atom. The van der Waals surface area contributed by atoms with Crippen LogP contribution in [-0.4, -0.2) is 35.2 Å². The van der Waals surface area contributed by atoms with Gasteiger partial charge in [-0.25, -0.2) is 0 Å². The minimum atomic E-state index is -0.209. The second kappa shape index (κ2) is 8.14. The number of amides is 1. The molecule has 0 saturated carbocycles. The molecule has 0 aliphatic carbocycles. The van der Waals surface area contributed by atoms with Crippen LogP contribution < -0.4 is 21.1 Å². The van der Waals surface area contributed by atoms with E-state index >= 15 is 0 Å². The van der Waals surface area contributed by atoms with Gasteiger partial charge in [-0.3, -0.25) is 9.89 Å². The number of benzene rings is 2. The second-order valence-corrected chi connectivity index (χ2v) is 6.82. The maximum Gasteiger partial charge on any atom is 0.257 e.